The molecule has 122 valence electrons. The molecule has 0 saturated carbocycles. The fourth-order valence-electron chi connectivity index (χ4n) is 2.97. The Morgan fingerprint density at radius 2 is 2.10 bits per heavy atom. The average Bonchev–Trinajstić information content (AvgIpc) is 2.90. The minimum Gasteiger partial charge on any atom is -0.444 e. The van der Waals surface area contributed by atoms with Gasteiger partial charge in [0.1, 0.15) is 5.60 Å². The van der Waals surface area contributed by atoms with Crippen LogP contribution in [0.25, 0.3) is 0 Å². The van der Waals surface area contributed by atoms with Gasteiger partial charge in [0.25, 0.3) is 0 Å². The van der Waals surface area contributed by atoms with Crippen molar-refractivity contribution in [2.45, 2.75) is 58.1 Å². The second-order valence-electron chi connectivity index (χ2n) is 7.21. The van der Waals surface area contributed by atoms with E-state index in [1.165, 1.54) is 6.42 Å². The molecule has 2 fully saturated rings. The van der Waals surface area contributed by atoms with Gasteiger partial charge < -0.3 is 19.7 Å². The third kappa shape index (κ3) is 5.47. The van der Waals surface area contributed by atoms with Crippen molar-refractivity contribution in [3.05, 3.63) is 0 Å². The Bertz CT molecular complexity index is 335. The summed E-state index contributed by atoms with van der Waals surface area (Å²) in [4.78, 5) is 14.2. The summed E-state index contributed by atoms with van der Waals surface area (Å²) in [5.74, 6) is 0.628. The molecule has 21 heavy (non-hydrogen) atoms. The first-order valence-corrected chi connectivity index (χ1v) is 8.24. The number of ether oxygens (including phenoxy) is 2. The van der Waals surface area contributed by atoms with Gasteiger partial charge in [0.05, 0.1) is 6.61 Å². The van der Waals surface area contributed by atoms with Crippen molar-refractivity contribution in [3.8, 4) is 0 Å². The molecule has 2 atom stereocenters. The van der Waals surface area contributed by atoms with Gasteiger partial charge in [0.2, 0.25) is 0 Å². The first-order chi connectivity index (χ1) is 9.96. The van der Waals surface area contributed by atoms with Crippen LogP contribution in [-0.2, 0) is 9.47 Å². The minimum absolute atomic E-state index is 0.168. The molecule has 2 saturated heterocycles. The highest BCUT2D eigenvalue weighted by molar-refractivity contribution is 5.68. The second-order valence-corrected chi connectivity index (χ2v) is 7.21. The number of hydrogen-bond acceptors (Lipinski definition) is 4. The van der Waals surface area contributed by atoms with Gasteiger partial charge in [-0.1, -0.05) is 0 Å². The molecule has 1 N–H and O–H groups in total. The van der Waals surface area contributed by atoms with Gasteiger partial charge in [-0.2, -0.15) is 0 Å². The van der Waals surface area contributed by atoms with E-state index in [-0.39, 0.29) is 12.1 Å². The van der Waals surface area contributed by atoms with Crippen molar-refractivity contribution in [2.24, 2.45) is 5.92 Å². The number of rotatable bonds is 4. The van der Waals surface area contributed by atoms with Gasteiger partial charge in [-0.05, 0) is 52.4 Å². The number of amides is 1. The summed E-state index contributed by atoms with van der Waals surface area (Å²) in [6.45, 7) is 10.2. The van der Waals surface area contributed by atoms with E-state index in [0.717, 1.165) is 52.1 Å². The highest BCUT2D eigenvalue weighted by Crippen LogP contribution is 2.20. The molecular weight excluding hydrogens is 268 g/mol. The Morgan fingerprint density at radius 3 is 2.76 bits per heavy atom. The number of carbonyl (C=O) groups excluding carboxylic acids is 1. The lowest BCUT2D eigenvalue weighted by molar-refractivity contribution is 0.00987. The van der Waals surface area contributed by atoms with Crippen LogP contribution in [0.2, 0.25) is 0 Å². The second kappa shape index (κ2) is 7.45. The maximum atomic E-state index is 12.3. The van der Waals surface area contributed by atoms with Crippen molar-refractivity contribution in [2.75, 3.05) is 32.8 Å². The van der Waals surface area contributed by atoms with Crippen molar-refractivity contribution in [1.82, 2.24) is 10.2 Å². The summed E-state index contributed by atoms with van der Waals surface area (Å²) in [7, 11) is 0. The number of piperidine rings is 1. The van der Waals surface area contributed by atoms with E-state index in [9.17, 15) is 4.79 Å². The molecule has 2 aliphatic rings. The molecule has 2 unspecified atom stereocenters. The van der Waals surface area contributed by atoms with Crippen LogP contribution in [0.3, 0.4) is 0 Å². The van der Waals surface area contributed by atoms with E-state index in [2.05, 4.69) is 5.32 Å². The van der Waals surface area contributed by atoms with Crippen LogP contribution in [0.5, 0.6) is 0 Å². The Morgan fingerprint density at radius 1 is 1.29 bits per heavy atom. The molecule has 0 aromatic heterocycles. The quantitative estimate of drug-likeness (QED) is 0.866. The molecule has 0 spiro atoms. The number of likely N-dealkylation sites (tertiary alicyclic amines) is 1. The lowest BCUT2D eigenvalue weighted by atomic mass is 10.0. The largest absolute Gasteiger partial charge is 0.444 e. The number of nitrogens with one attached hydrogen (secondary N) is 1. The summed E-state index contributed by atoms with van der Waals surface area (Å²) < 4.78 is 10.9. The van der Waals surface area contributed by atoms with Crippen LogP contribution in [0, 0.1) is 5.92 Å². The Kier molecular flexibility index (Phi) is 5.88. The van der Waals surface area contributed by atoms with Gasteiger partial charge in [-0.3, -0.25) is 0 Å². The molecule has 2 aliphatic heterocycles. The molecule has 0 bridgehead atoms. The van der Waals surface area contributed by atoms with E-state index in [4.69, 9.17) is 9.47 Å². The first kappa shape index (κ1) is 16.6. The van der Waals surface area contributed by atoms with Gasteiger partial charge in [0, 0.05) is 32.3 Å². The van der Waals surface area contributed by atoms with Crippen molar-refractivity contribution >= 4 is 6.09 Å². The molecular formula is C16H30N2O3. The highest BCUT2D eigenvalue weighted by atomic mass is 16.6. The summed E-state index contributed by atoms with van der Waals surface area (Å²) in [5, 5.41) is 3.52. The van der Waals surface area contributed by atoms with Gasteiger partial charge in [0.15, 0.2) is 0 Å². The molecule has 5 heteroatoms. The molecule has 2 heterocycles. The Labute approximate surface area is 128 Å². The van der Waals surface area contributed by atoms with E-state index >= 15 is 0 Å². The molecule has 0 aromatic carbocycles. The fourth-order valence-corrected chi connectivity index (χ4v) is 2.97. The zero-order valence-corrected chi connectivity index (χ0v) is 13.7. The lowest BCUT2D eigenvalue weighted by Crippen LogP contribution is -2.50. The fraction of sp³-hybridized carbons (Fsp3) is 0.938. The summed E-state index contributed by atoms with van der Waals surface area (Å²) >= 11 is 0. The monoisotopic (exact) mass is 298 g/mol. The van der Waals surface area contributed by atoms with Crippen molar-refractivity contribution in [3.63, 3.8) is 0 Å². The smallest absolute Gasteiger partial charge is 0.410 e. The van der Waals surface area contributed by atoms with Gasteiger partial charge in [-0.25, -0.2) is 4.79 Å². The Balaban J connectivity index is 1.79. The van der Waals surface area contributed by atoms with Crippen LogP contribution < -0.4 is 5.32 Å². The predicted molar refractivity (Wildman–Crippen MR) is 82.4 cm³/mol. The van der Waals surface area contributed by atoms with E-state index in [0.29, 0.717) is 5.92 Å². The zero-order valence-electron chi connectivity index (χ0n) is 13.7. The molecule has 0 aromatic rings. The van der Waals surface area contributed by atoms with E-state index in [1.807, 2.05) is 25.7 Å². The standard InChI is InChI=1S/C16H30N2O3/c1-16(2,3)21-15(19)18-8-5-4-6-14(18)11-17-10-13-7-9-20-12-13/h13-14,17H,4-12H2,1-3H3. The van der Waals surface area contributed by atoms with Crippen LogP contribution in [0.4, 0.5) is 4.79 Å². The third-order valence-electron chi connectivity index (χ3n) is 4.09. The predicted octanol–water partition coefficient (Wildman–Crippen LogP) is 2.40. The van der Waals surface area contributed by atoms with Gasteiger partial charge >= 0.3 is 6.09 Å². The lowest BCUT2D eigenvalue weighted by Gasteiger charge is -2.37. The maximum absolute atomic E-state index is 12.3. The van der Waals surface area contributed by atoms with E-state index in [1.54, 1.807) is 0 Å². The molecule has 2 rings (SSSR count). The molecule has 1 amide bonds. The Hall–Kier alpha value is -0.810. The number of nitrogens with zero attached hydrogens (tertiary/aromatic N) is 1. The van der Waals surface area contributed by atoms with Crippen LogP contribution in [0.1, 0.15) is 46.5 Å². The maximum Gasteiger partial charge on any atom is 0.410 e. The summed E-state index contributed by atoms with van der Waals surface area (Å²) in [6.07, 6.45) is 4.31. The van der Waals surface area contributed by atoms with Crippen LogP contribution in [-0.4, -0.2) is 55.5 Å². The summed E-state index contributed by atoms with van der Waals surface area (Å²) in [6, 6.07) is 0.260. The SMILES string of the molecule is CC(C)(C)OC(=O)N1CCCCC1CNCC1CCOC1. The van der Waals surface area contributed by atoms with Crippen molar-refractivity contribution in [1.29, 1.82) is 0 Å². The highest BCUT2D eigenvalue weighted by Gasteiger charge is 2.30. The minimum atomic E-state index is -0.423. The number of hydrogen-bond donors (Lipinski definition) is 1. The van der Waals surface area contributed by atoms with Crippen LogP contribution in [0.15, 0.2) is 0 Å². The normalized spacial score (nSPS) is 26.9. The van der Waals surface area contributed by atoms with Crippen molar-refractivity contribution < 1.29 is 14.3 Å². The van der Waals surface area contributed by atoms with E-state index < -0.39 is 5.60 Å². The number of carbonyl (C=O) groups is 1. The van der Waals surface area contributed by atoms with Gasteiger partial charge in [-0.15, -0.1) is 0 Å². The topological polar surface area (TPSA) is 50.8 Å². The molecule has 0 radical (unpaired) electrons. The van der Waals surface area contributed by atoms with Crippen LogP contribution >= 0.6 is 0 Å². The third-order valence-corrected chi connectivity index (χ3v) is 4.09. The first-order valence-electron chi connectivity index (χ1n) is 8.24. The summed E-state index contributed by atoms with van der Waals surface area (Å²) in [5.41, 5.74) is -0.423. The average molecular weight is 298 g/mol. The molecule has 0 aliphatic carbocycles. The zero-order chi connectivity index (χ0) is 15.3. The molecule has 5 nitrogen and oxygen atoms in total.